The smallest absolute Gasteiger partial charge is 0.387 e. The largest absolute Gasteiger partial charge is 0.435 e. The maximum absolute atomic E-state index is 12.0. The summed E-state index contributed by atoms with van der Waals surface area (Å²) >= 11 is 0. The molecule has 1 amide bonds. The minimum absolute atomic E-state index is 0.0258. The van der Waals surface area contributed by atoms with Gasteiger partial charge in [0.1, 0.15) is 5.75 Å². The Labute approximate surface area is 117 Å². The zero-order valence-electron chi connectivity index (χ0n) is 11.4. The van der Waals surface area contributed by atoms with E-state index in [2.05, 4.69) is 17.0 Å². The molecule has 0 aliphatic carbocycles. The van der Waals surface area contributed by atoms with Crippen molar-refractivity contribution in [2.75, 3.05) is 6.54 Å². The van der Waals surface area contributed by atoms with Gasteiger partial charge in [0.2, 0.25) is 0 Å². The predicted octanol–water partition coefficient (Wildman–Crippen LogP) is 2.54. The van der Waals surface area contributed by atoms with E-state index < -0.39 is 6.61 Å². The van der Waals surface area contributed by atoms with Gasteiger partial charge in [-0.3, -0.25) is 4.79 Å². The molecule has 0 heterocycles. The summed E-state index contributed by atoms with van der Waals surface area (Å²) in [5, 5.41) is 2.83. The number of nitrogens with two attached hydrogens (primary N) is 1. The molecule has 1 aromatic carbocycles. The van der Waals surface area contributed by atoms with E-state index in [0.29, 0.717) is 12.1 Å². The summed E-state index contributed by atoms with van der Waals surface area (Å²) in [4.78, 5) is 12.0. The number of unbranched alkanes of at least 4 members (excludes halogenated alkanes) is 1. The lowest BCUT2D eigenvalue weighted by molar-refractivity contribution is -0.0498. The van der Waals surface area contributed by atoms with E-state index in [1.807, 2.05) is 0 Å². The summed E-state index contributed by atoms with van der Waals surface area (Å²) in [6.45, 7) is -0.430. The van der Waals surface area contributed by atoms with Crippen molar-refractivity contribution in [3.8, 4) is 5.75 Å². The van der Waals surface area contributed by atoms with Crippen LogP contribution in [0.15, 0.2) is 24.3 Å². The molecule has 0 aliphatic heterocycles. The molecule has 0 fully saturated rings. The SMILES string of the molecule is CCCCC(CN)NC(=O)c1ccc(OC(F)F)cc1. The molecule has 112 valence electrons. The van der Waals surface area contributed by atoms with E-state index in [9.17, 15) is 13.6 Å². The van der Waals surface area contributed by atoms with Crippen LogP contribution in [-0.2, 0) is 0 Å². The molecular weight excluding hydrogens is 266 g/mol. The van der Waals surface area contributed by atoms with Gasteiger partial charge in [-0.05, 0) is 30.7 Å². The van der Waals surface area contributed by atoms with Gasteiger partial charge in [0, 0.05) is 18.2 Å². The molecule has 0 spiro atoms. The van der Waals surface area contributed by atoms with Crippen molar-refractivity contribution in [3.05, 3.63) is 29.8 Å². The van der Waals surface area contributed by atoms with E-state index in [1.165, 1.54) is 24.3 Å². The minimum Gasteiger partial charge on any atom is -0.435 e. The van der Waals surface area contributed by atoms with Crippen molar-refractivity contribution in [1.29, 1.82) is 0 Å². The van der Waals surface area contributed by atoms with Crippen LogP contribution >= 0.6 is 0 Å². The molecule has 3 N–H and O–H groups in total. The molecule has 0 saturated carbocycles. The normalized spacial score (nSPS) is 12.2. The Kier molecular flexibility index (Phi) is 6.93. The fraction of sp³-hybridized carbons (Fsp3) is 0.500. The molecule has 1 rings (SSSR count). The number of benzene rings is 1. The first kappa shape index (κ1) is 16.4. The molecule has 1 atom stereocenters. The maximum atomic E-state index is 12.0. The average molecular weight is 286 g/mol. The zero-order valence-corrected chi connectivity index (χ0v) is 11.4. The molecule has 1 unspecified atom stereocenters. The number of hydrogen-bond acceptors (Lipinski definition) is 3. The summed E-state index contributed by atoms with van der Waals surface area (Å²) in [6, 6.07) is 5.50. The van der Waals surface area contributed by atoms with Gasteiger partial charge < -0.3 is 15.8 Å². The van der Waals surface area contributed by atoms with Gasteiger partial charge in [0.25, 0.3) is 5.91 Å². The van der Waals surface area contributed by atoms with Gasteiger partial charge in [0.05, 0.1) is 0 Å². The van der Waals surface area contributed by atoms with Gasteiger partial charge in [0.15, 0.2) is 0 Å². The van der Waals surface area contributed by atoms with Crippen LogP contribution in [0, 0.1) is 0 Å². The molecule has 0 aliphatic rings. The number of halogens is 2. The fourth-order valence-corrected chi connectivity index (χ4v) is 1.76. The number of hydrogen-bond donors (Lipinski definition) is 2. The topological polar surface area (TPSA) is 64.3 Å². The number of carbonyl (C=O) groups is 1. The third kappa shape index (κ3) is 5.52. The first-order valence-electron chi connectivity index (χ1n) is 6.62. The Bertz CT molecular complexity index is 410. The lowest BCUT2D eigenvalue weighted by Crippen LogP contribution is -2.40. The summed E-state index contributed by atoms with van der Waals surface area (Å²) < 4.78 is 28.2. The molecule has 4 nitrogen and oxygen atoms in total. The molecule has 0 saturated heterocycles. The summed E-state index contributed by atoms with van der Waals surface area (Å²) in [5.41, 5.74) is 5.99. The molecule has 0 radical (unpaired) electrons. The van der Waals surface area contributed by atoms with E-state index in [1.54, 1.807) is 0 Å². The Morgan fingerprint density at radius 3 is 2.50 bits per heavy atom. The van der Waals surface area contributed by atoms with Crippen molar-refractivity contribution < 1.29 is 18.3 Å². The summed E-state index contributed by atoms with van der Waals surface area (Å²) in [6.07, 6.45) is 2.85. The van der Waals surface area contributed by atoms with Gasteiger partial charge in [-0.2, -0.15) is 8.78 Å². The third-order valence-electron chi connectivity index (χ3n) is 2.87. The Morgan fingerprint density at radius 1 is 1.35 bits per heavy atom. The van der Waals surface area contributed by atoms with Crippen molar-refractivity contribution in [2.45, 2.75) is 38.8 Å². The molecule has 6 heteroatoms. The first-order valence-corrected chi connectivity index (χ1v) is 6.62. The van der Waals surface area contributed by atoms with E-state index in [0.717, 1.165) is 19.3 Å². The molecule has 0 aromatic heterocycles. The first-order chi connectivity index (χ1) is 9.56. The summed E-state index contributed by atoms with van der Waals surface area (Å²) in [7, 11) is 0. The predicted molar refractivity (Wildman–Crippen MR) is 72.9 cm³/mol. The number of rotatable bonds is 8. The molecule has 0 bridgehead atoms. The lowest BCUT2D eigenvalue weighted by Gasteiger charge is -2.16. The van der Waals surface area contributed by atoms with Gasteiger partial charge in [-0.1, -0.05) is 19.8 Å². The Hall–Kier alpha value is -1.69. The lowest BCUT2D eigenvalue weighted by atomic mass is 10.1. The van der Waals surface area contributed by atoms with Crippen molar-refractivity contribution >= 4 is 5.91 Å². The van der Waals surface area contributed by atoms with Crippen LogP contribution in [0.1, 0.15) is 36.5 Å². The van der Waals surface area contributed by atoms with Crippen molar-refractivity contribution in [3.63, 3.8) is 0 Å². The second-order valence-corrected chi connectivity index (χ2v) is 4.45. The zero-order chi connectivity index (χ0) is 15.0. The average Bonchev–Trinajstić information content (AvgIpc) is 2.43. The Morgan fingerprint density at radius 2 is 2.00 bits per heavy atom. The van der Waals surface area contributed by atoms with Crippen LogP contribution < -0.4 is 15.8 Å². The molecular formula is C14H20F2N2O2. The van der Waals surface area contributed by atoms with Crippen LogP contribution in [0.3, 0.4) is 0 Å². The fourth-order valence-electron chi connectivity index (χ4n) is 1.76. The number of amides is 1. The highest BCUT2D eigenvalue weighted by molar-refractivity contribution is 5.94. The van der Waals surface area contributed by atoms with E-state index in [4.69, 9.17) is 5.73 Å². The second-order valence-electron chi connectivity index (χ2n) is 4.45. The molecule has 20 heavy (non-hydrogen) atoms. The summed E-state index contributed by atoms with van der Waals surface area (Å²) in [5.74, 6) is -0.238. The van der Waals surface area contributed by atoms with Crippen molar-refractivity contribution in [1.82, 2.24) is 5.32 Å². The van der Waals surface area contributed by atoms with Crippen LogP contribution in [-0.4, -0.2) is 25.1 Å². The monoisotopic (exact) mass is 286 g/mol. The van der Waals surface area contributed by atoms with Gasteiger partial charge >= 0.3 is 6.61 Å². The molecule has 1 aromatic rings. The standard InChI is InChI=1S/C14H20F2N2O2/c1-2-3-4-11(9-17)18-13(19)10-5-7-12(8-6-10)20-14(15)16/h5-8,11,14H,2-4,9,17H2,1H3,(H,18,19). The highest BCUT2D eigenvalue weighted by Crippen LogP contribution is 2.15. The van der Waals surface area contributed by atoms with E-state index >= 15 is 0 Å². The van der Waals surface area contributed by atoms with Crippen LogP contribution in [0.25, 0.3) is 0 Å². The highest BCUT2D eigenvalue weighted by atomic mass is 19.3. The quantitative estimate of drug-likeness (QED) is 0.772. The number of carbonyl (C=O) groups excluding carboxylic acids is 1. The van der Waals surface area contributed by atoms with Crippen LogP contribution in [0.4, 0.5) is 8.78 Å². The highest BCUT2D eigenvalue weighted by Gasteiger charge is 2.12. The van der Waals surface area contributed by atoms with Crippen molar-refractivity contribution in [2.24, 2.45) is 5.73 Å². The number of alkyl halides is 2. The second kappa shape index (κ2) is 8.47. The Balaban J connectivity index is 2.58. The van der Waals surface area contributed by atoms with Gasteiger partial charge in [-0.15, -0.1) is 0 Å². The van der Waals surface area contributed by atoms with Gasteiger partial charge in [-0.25, -0.2) is 0 Å². The number of nitrogens with one attached hydrogen (secondary N) is 1. The van der Waals surface area contributed by atoms with E-state index in [-0.39, 0.29) is 17.7 Å². The maximum Gasteiger partial charge on any atom is 0.387 e. The third-order valence-corrected chi connectivity index (χ3v) is 2.87. The van der Waals surface area contributed by atoms with Crippen LogP contribution in [0.5, 0.6) is 5.75 Å². The number of ether oxygens (including phenoxy) is 1. The van der Waals surface area contributed by atoms with Crippen LogP contribution in [0.2, 0.25) is 0 Å². The minimum atomic E-state index is -2.87.